The van der Waals surface area contributed by atoms with Crippen LogP contribution in [-0.2, 0) is 4.74 Å². The lowest BCUT2D eigenvalue weighted by atomic mass is 10.00. The molecule has 0 aliphatic heterocycles. The summed E-state index contributed by atoms with van der Waals surface area (Å²) in [5.74, 6) is 0. The van der Waals surface area contributed by atoms with Gasteiger partial charge in [0.15, 0.2) is 0 Å². The Balaban J connectivity index is 2.51. The van der Waals surface area contributed by atoms with Gasteiger partial charge >= 0.3 is 6.03 Å². The molecule has 1 aromatic rings. The van der Waals surface area contributed by atoms with Crippen molar-refractivity contribution in [2.75, 3.05) is 7.11 Å². The first-order chi connectivity index (χ1) is 10.3. The number of urea groups is 1. The summed E-state index contributed by atoms with van der Waals surface area (Å²) in [6.45, 7) is 7.84. The predicted molar refractivity (Wildman–Crippen MR) is 86.4 cm³/mol. The van der Waals surface area contributed by atoms with E-state index in [0.717, 1.165) is 12.0 Å². The lowest BCUT2D eigenvalue weighted by Crippen LogP contribution is -2.44. The maximum absolute atomic E-state index is 12.0. The van der Waals surface area contributed by atoms with Gasteiger partial charge in [0, 0.05) is 13.2 Å². The van der Waals surface area contributed by atoms with Gasteiger partial charge in [0.1, 0.15) is 0 Å². The molecule has 22 heavy (non-hydrogen) atoms. The number of carbonyl (C=O) groups excluding carboxylic acids is 1. The van der Waals surface area contributed by atoms with E-state index in [1.165, 1.54) is 0 Å². The van der Waals surface area contributed by atoms with Gasteiger partial charge in [-0.2, -0.15) is 5.26 Å². The van der Waals surface area contributed by atoms with E-state index >= 15 is 0 Å². The number of nitriles is 1. The Morgan fingerprint density at radius 3 is 2.36 bits per heavy atom. The molecule has 0 heterocycles. The van der Waals surface area contributed by atoms with E-state index in [0.29, 0.717) is 5.56 Å². The Morgan fingerprint density at radius 1 is 1.27 bits per heavy atom. The summed E-state index contributed by atoms with van der Waals surface area (Å²) >= 11 is 0. The van der Waals surface area contributed by atoms with Gasteiger partial charge in [-0.05, 0) is 51.8 Å². The average molecular weight is 303 g/mol. The van der Waals surface area contributed by atoms with Gasteiger partial charge in [0.25, 0.3) is 0 Å². The zero-order valence-electron chi connectivity index (χ0n) is 13.9. The van der Waals surface area contributed by atoms with Gasteiger partial charge in [-0.25, -0.2) is 4.79 Å². The highest BCUT2D eigenvalue weighted by Crippen LogP contribution is 2.16. The van der Waals surface area contributed by atoms with Crippen LogP contribution in [0.15, 0.2) is 24.3 Å². The van der Waals surface area contributed by atoms with E-state index in [2.05, 4.69) is 16.7 Å². The third-order valence-corrected chi connectivity index (χ3v) is 3.62. The first-order valence-electron chi connectivity index (χ1n) is 7.39. The molecule has 2 N–H and O–H groups in total. The van der Waals surface area contributed by atoms with Crippen molar-refractivity contribution >= 4 is 6.03 Å². The Hall–Kier alpha value is -2.06. The van der Waals surface area contributed by atoms with Crippen molar-refractivity contribution in [3.8, 4) is 6.07 Å². The number of rotatable bonds is 6. The third-order valence-electron chi connectivity index (χ3n) is 3.62. The smallest absolute Gasteiger partial charge is 0.315 e. The number of methoxy groups -OCH3 is 1. The molecule has 2 amide bonds. The van der Waals surface area contributed by atoms with E-state index < -0.39 is 0 Å². The lowest BCUT2D eigenvalue weighted by molar-refractivity contribution is 0.00949. The van der Waals surface area contributed by atoms with E-state index in [9.17, 15) is 4.79 Å². The molecule has 0 aliphatic carbocycles. The summed E-state index contributed by atoms with van der Waals surface area (Å²) in [7, 11) is 1.67. The Labute approximate surface area is 132 Å². The third kappa shape index (κ3) is 5.74. The Morgan fingerprint density at radius 2 is 1.86 bits per heavy atom. The van der Waals surface area contributed by atoms with Crippen LogP contribution in [0.1, 0.15) is 51.3 Å². The van der Waals surface area contributed by atoms with E-state index in [-0.39, 0.29) is 23.7 Å². The summed E-state index contributed by atoms with van der Waals surface area (Å²) in [6, 6.07) is 8.92. The minimum absolute atomic E-state index is 0.00288. The average Bonchev–Trinajstić information content (AvgIpc) is 2.46. The van der Waals surface area contributed by atoms with Gasteiger partial charge in [-0.15, -0.1) is 0 Å². The number of hydrogen-bond acceptors (Lipinski definition) is 3. The van der Waals surface area contributed by atoms with Gasteiger partial charge in [0.05, 0.1) is 23.3 Å². The highest BCUT2D eigenvalue weighted by Gasteiger charge is 2.21. The summed E-state index contributed by atoms with van der Waals surface area (Å²) in [6.07, 6.45) is 0.724. The summed E-state index contributed by atoms with van der Waals surface area (Å²) in [5, 5.41) is 14.6. The number of amides is 2. The molecule has 1 aromatic carbocycles. The van der Waals surface area contributed by atoms with Gasteiger partial charge in [0.2, 0.25) is 0 Å². The van der Waals surface area contributed by atoms with Crippen molar-refractivity contribution in [3.05, 3.63) is 35.4 Å². The van der Waals surface area contributed by atoms with Crippen molar-refractivity contribution in [3.63, 3.8) is 0 Å². The molecule has 0 bridgehead atoms. The first-order valence-corrected chi connectivity index (χ1v) is 7.39. The Kier molecular flexibility index (Phi) is 6.39. The molecular formula is C17H25N3O2. The number of hydrogen-bond donors (Lipinski definition) is 2. The second-order valence-electron chi connectivity index (χ2n) is 6.14. The predicted octanol–water partition coefficient (Wildman–Crippen LogP) is 3.12. The molecule has 0 radical (unpaired) electrons. The van der Waals surface area contributed by atoms with Gasteiger partial charge in [-0.1, -0.05) is 12.1 Å². The van der Waals surface area contributed by atoms with E-state index in [1.807, 2.05) is 39.8 Å². The van der Waals surface area contributed by atoms with Gasteiger partial charge in [-0.3, -0.25) is 0 Å². The normalized spacial score (nSPS) is 13.8. The highest BCUT2D eigenvalue weighted by atomic mass is 16.5. The lowest BCUT2D eigenvalue weighted by Gasteiger charge is -2.27. The molecule has 0 aliphatic rings. The van der Waals surface area contributed by atoms with Crippen LogP contribution in [0.5, 0.6) is 0 Å². The molecule has 0 saturated carbocycles. The quantitative estimate of drug-likeness (QED) is 0.848. The van der Waals surface area contributed by atoms with Crippen molar-refractivity contribution in [1.29, 1.82) is 5.26 Å². The number of nitrogens with zero attached hydrogens (tertiary/aromatic N) is 1. The molecule has 5 heteroatoms. The van der Waals surface area contributed by atoms with Crippen molar-refractivity contribution in [2.24, 2.45) is 0 Å². The molecule has 2 atom stereocenters. The zero-order valence-corrected chi connectivity index (χ0v) is 13.9. The topological polar surface area (TPSA) is 74.2 Å². The van der Waals surface area contributed by atoms with Gasteiger partial charge < -0.3 is 15.4 Å². The van der Waals surface area contributed by atoms with Crippen LogP contribution in [0.25, 0.3) is 0 Å². The molecule has 0 spiro atoms. The van der Waals surface area contributed by atoms with Crippen molar-refractivity contribution in [2.45, 2.75) is 51.8 Å². The van der Waals surface area contributed by atoms with Crippen LogP contribution in [-0.4, -0.2) is 24.8 Å². The first kappa shape index (κ1) is 18.0. The largest absolute Gasteiger partial charge is 0.379 e. The number of benzene rings is 1. The van der Waals surface area contributed by atoms with Crippen LogP contribution >= 0.6 is 0 Å². The Bertz CT molecular complexity index is 532. The van der Waals surface area contributed by atoms with E-state index in [1.54, 1.807) is 19.2 Å². The monoisotopic (exact) mass is 303 g/mol. The number of nitrogens with one attached hydrogen (secondary N) is 2. The minimum Gasteiger partial charge on any atom is -0.379 e. The summed E-state index contributed by atoms with van der Waals surface area (Å²) < 4.78 is 5.36. The fraction of sp³-hybridized carbons (Fsp3) is 0.529. The molecule has 5 nitrogen and oxygen atoms in total. The minimum atomic E-state index is -0.272. The van der Waals surface area contributed by atoms with E-state index in [4.69, 9.17) is 10.00 Å². The highest BCUT2D eigenvalue weighted by molar-refractivity contribution is 5.74. The zero-order chi connectivity index (χ0) is 16.8. The molecule has 1 rings (SSSR count). The summed E-state index contributed by atoms with van der Waals surface area (Å²) in [5.41, 5.74) is 1.29. The van der Waals surface area contributed by atoms with Crippen molar-refractivity contribution in [1.82, 2.24) is 10.6 Å². The molecule has 0 fully saturated rings. The van der Waals surface area contributed by atoms with Crippen LogP contribution in [0.4, 0.5) is 4.79 Å². The second-order valence-corrected chi connectivity index (χ2v) is 6.14. The standard InChI is InChI=1S/C17H25N3O2/c1-12(10-17(3,4)22-5)19-16(21)20-13(2)15-8-6-14(11-18)7-9-15/h6-9,12-13H,10H2,1-5H3,(H2,19,20,21)/t12-,13+/m1/s1. The van der Waals surface area contributed by atoms with Crippen LogP contribution in [0.3, 0.4) is 0 Å². The molecule has 0 unspecified atom stereocenters. The number of carbonyl (C=O) groups is 1. The van der Waals surface area contributed by atoms with Crippen LogP contribution in [0.2, 0.25) is 0 Å². The SMILES string of the molecule is COC(C)(C)C[C@@H](C)NC(=O)N[C@@H](C)c1ccc(C#N)cc1. The molecular weight excluding hydrogens is 278 g/mol. The molecule has 0 aromatic heterocycles. The number of ether oxygens (including phenoxy) is 1. The molecule has 120 valence electrons. The second kappa shape index (κ2) is 7.81. The summed E-state index contributed by atoms with van der Waals surface area (Å²) in [4.78, 5) is 12.0. The van der Waals surface area contributed by atoms with Crippen LogP contribution < -0.4 is 10.6 Å². The van der Waals surface area contributed by atoms with Crippen LogP contribution in [0, 0.1) is 11.3 Å². The van der Waals surface area contributed by atoms with Crippen molar-refractivity contribution < 1.29 is 9.53 Å². The fourth-order valence-electron chi connectivity index (χ4n) is 2.26. The molecule has 0 saturated heterocycles. The maximum Gasteiger partial charge on any atom is 0.315 e. The fourth-order valence-corrected chi connectivity index (χ4v) is 2.26. The maximum atomic E-state index is 12.0.